The average Bonchev–Trinajstić information content (AvgIpc) is 2.12. The maximum absolute atomic E-state index is 12.9. The van der Waals surface area contributed by atoms with Gasteiger partial charge in [-0.3, -0.25) is 0 Å². The Labute approximate surface area is 86.2 Å². The quantitative estimate of drug-likeness (QED) is 0.828. The Morgan fingerprint density at radius 2 is 2.14 bits per heavy atom. The first-order chi connectivity index (χ1) is 6.65. The molecule has 0 heterocycles. The van der Waals surface area contributed by atoms with Crippen molar-refractivity contribution in [3.8, 4) is 0 Å². The highest BCUT2D eigenvalue weighted by Gasteiger charge is 2.02. The molecule has 0 bridgehead atoms. The highest BCUT2D eigenvalue weighted by Crippen LogP contribution is 2.16. The van der Waals surface area contributed by atoms with E-state index in [-0.39, 0.29) is 13.0 Å². The molecule has 0 amide bonds. The van der Waals surface area contributed by atoms with Crippen LogP contribution < -0.4 is 5.73 Å². The Morgan fingerprint density at radius 3 is 2.64 bits per heavy atom. The van der Waals surface area contributed by atoms with Crippen LogP contribution in [0.5, 0.6) is 0 Å². The van der Waals surface area contributed by atoms with Gasteiger partial charge in [-0.15, -0.1) is 0 Å². The summed E-state index contributed by atoms with van der Waals surface area (Å²) in [5, 5.41) is 0.301. The number of rotatable bonds is 3. The lowest BCUT2D eigenvalue weighted by molar-refractivity contribution is 0.625. The van der Waals surface area contributed by atoms with Crippen LogP contribution in [0.15, 0.2) is 30.1 Å². The van der Waals surface area contributed by atoms with Gasteiger partial charge in [0.15, 0.2) is 0 Å². The molecule has 76 valence electrons. The Balaban J connectivity index is 2.86. The van der Waals surface area contributed by atoms with Crippen molar-refractivity contribution in [3.63, 3.8) is 0 Å². The molecule has 0 saturated carbocycles. The highest BCUT2D eigenvalue weighted by molar-refractivity contribution is 6.30. The third-order valence-corrected chi connectivity index (χ3v) is 1.99. The van der Waals surface area contributed by atoms with Crippen molar-refractivity contribution in [1.82, 2.24) is 0 Å². The Kier molecular flexibility index (Phi) is 4.04. The van der Waals surface area contributed by atoms with Crippen LogP contribution in [-0.4, -0.2) is 6.54 Å². The molecule has 0 saturated heterocycles. The molecule has 1 aromatic carbocycles. The summed E-state index contributed by atoms with van der Waals surface area (Å²) < 4.78 is 25.0. The van der Waals surface area contributed by atoms with Crippen molar-refractivity contribution >= 4 is 11.6 Å². The number of hydrogen-bond donors (Lipinski definition) is 1. The van der Waals surface area contributed by atoms with Crippen LogP contribution in [0.25, 0.3) is 0 Å². The van der Waals surface area contributed by atoms with Crippen LogP contribution in [0.1, 0.15) is 5.56 Å². The highest BCUT2D eigenvalue weighted by atomic mass is 35.5. The largest absolute Gasteiger partial charge is 0.327 e. The average molecular weight is 218 g/mol. The third-order valence-electron chi connectivity index (χ3n) is 1.77. The van der Waals surface area contributed by atoms with E-state index in [9.17, 15) is 8.78 Å². The van der Waals surface area contributed by atoms with E-state index < -0.39 is 5.82 Å². The van der Waals surface area contributed by atoms with E-state index >= 15 is 0 Å². The first-order valence-electron chi connectivity index (χ1n) is 4.09. The summed E-state index contributed by atoms with van der Waals surface area (Å²) >= 11 is 5.64. The van der Waals surface area contributed by atoms with Gasteiger partial charge in [0, 0.05) is 11.6 Å². The van der Waals surface area contributed by atoms with E-state index in [1.807, 2.05) is 0 Å². The van der Waals surface area contributed by atoms with Gasteiger partial charge in [-0.25, -0.2) is 8.78 Å². The molecule has 0 spiro atoms. The molecular formula is C10H10ClF2N. The van der Waals surface area contributed by atoms with Crippen molar-refractivity contribution in [1.29, 1.82) is 0 Å². The van der Waals surface area contributed by atoms with E-state index in [0.717, 1.165) is 0 Å². The van der Waals surface area contributed by atoms with Crippen LogP contribution in [0.4, 0.5) is 8.78 Å². The van der Waals surface area contributed by atoms with Crippen molar-refractivity contribution < 1.29 is 8.78 Å². The molecule has 1 rings (SSSR count). The van der Waals surface area contributed by atoms with E-state index in [4.69, 9.17) is 17.3 Å². The lowest BCUT2D eigenvalue weighted by Crippen LogP contribution is -2.05. The van der Waals surface area contributed by atoms with Crippen LogP contribution in [0.2, 0.25) is 5.02 Å². The normalized spacial score (nSPS) is 11.9. The minimum Gasteiger partial charge on any atom is -0.327 e. The summed E-state index contributed by atoms with van der Waals surface area (Å²) in [6.07, 6.45) is 0.725. The molecule has 0 aromatic heterocycles. The number of nitrogens with two attached hydrogens (primary N) is 1. The molecule has 1 nitrogen and oxygen atoms in total. The smallest absolute Gasteiger partial charge is 0.124 e. The minimum absolute atomic E-state index is 0.116. The summed E-state index contributed by atoms with van der Waals surface area (Å²) in [6.45, 7) is 0.116. The van der Waals surface area contributed by atoms with Crippen LogP contribution in [-0.2, 0) is 6.42 Å². The van der Waals surface area contributed by atoms with E-state index in [1.165, 1.54) is 12.1 Å². The second-order valence-electron chi connectivity index (χ2n) is 2.93. The number of halogens is 3. The zero-order chi connectivity index (χ0) is 10.6. The maximum Gasteiger partial charge on any atom is 0.124 e. The third kappa shape index (κ3) is 3.09. The molecule has 0 aliphatic heterocycles. The van der Waals surface area contributed by atoms with Crippen molar-refractivity contribution in [2.75, 3.05) is 6.54 Å². The van der Waals surface area contributed by atoms with E-state index in [1.54, 1.807) is 6.07 Å². The maximum atomic E-state index is 12.9. The van der Waals surface area contributed by atoms with Gasteiger partial charge in [-0.2, -0.15) is 0 Å². The van der Waals surface area contributed by atoms with Gasteiger partial charge < -0.3 is 5.73 Å². The summed E-state index contributed by atoms with van der Waals surface area (Å²) in [5.74, 6) is -0.428. The molecule has 0 unspecified atom stereocenters. The Hall–Kier alpha value is -0.930. The van der Waals surface area contributed by atoms with Crippen molar-refractivity contribution in [3.05, 3.63) is 46.5 Å². The molecular weight excluding hydrogens is 208 g/mol. The summed E-state index contributed by atoms with van der Waals surface area (Å²) in [7, 11) is 0. The second-order valence-corrected chi connectivity index (χ2v) is 3.36. The predicted octanol–water partition coefficient (Wildman–Crippen LogP) is 2.83. The predicted molar refractivity (Wildman–Crippen MR) is 53.4 cm³/mol. The zero-order valence-electron chi connectivity index (χ0n) is 7.43. The fourth-order valence-corrected chi connectivity index (χ4v) is 1.37. The van der Waals surface area contributed by atoms with E-state index in [2.05, 4.69) is 0 Å². The van der Waals surface area contributed by atoms with Crippen molar-refractivity contribution in [2.45, 2.75) is 6.42 Å². The van der Waals surface area contributed by atoms with Gasteiger partial charge in [-0.1, -0.05) is 11.6 Å². The van der Waals surface area contributed by atoms with Gasteiger partial charge in [0.2, 0.25) is 0 Å². The number of benzene rings is 1. The van der Waals surface area contributed by atoms with E-state index in [0.29, 0.717) is 22.5 Å². The first kappa shape index (κ1) is 11.1. The molecule has 0 radical (unpaired) electrons. The SMILES string of the molecule is NC/C(=C\F)Cc1cc(F)cc(Cl)c1. The lowest BCUT2D eigenvalue weighted by Gasteiger charge is -2.03. The molecule has 4 heteroatoms. The molecule has 0 atom stereocenters. The van der Waals surface area contributed by atoms with Gasteiger partial charge in [0.1, 0.15) is 5.82 Å². The summed E-state index contributed by atoms with van der Waals surface area (Å²) in [5.41, 5.74) is 6.30. The molecule has 1 aromatic rings. The van der Waals surface area contributed by atoms with Crippen LogP contribution in [0.3, 0.4) is 0 Å². The standard InChI is InChI=1S/C10H10ClF2N/c11-9-2-7(3-10(13)4-9)1-8(5-12)6-14/h2-5H,1,6,14H2/b8-5-. The molecule has 0 aliphatic rings. The van der Waals surface area contributed by atoms with Crippen molar-refractivity contribution in [2.24, 2.45) is 5.73 Å². The summed E-state index contributed by atoms with van der Waals surface area (Å²) in [4.78, 5) is 0. The molecule has 0 fully saturated rings. The topological polar surface area (TPSA) is 26.0 Å². The molecule has 0 aliphatic carbocycles. The van der Waals surface area contributed by atoms with Gasteiger partial charge in [-0.05, 0) is 35.8 Å². The fraction of sp³-hybridized carbons (Fsp3) is 0.200. The lowest BCUT2D eigenvalue weighted by atomic mass is 10.1. The first-order valence-corrected chi connectivity index (χ1v) is 4.46. The van der Waals surface area contributed by atoms with Gasteiger partial charge >= 0.3 is 0 Å². The second kappa shape index (κ2) is 5.08. The minimum atomic E-state index is -0.428. The van der Waals surface area contributed by atoms with Crippen LogP contribution >= 0.6 is 11.6 Å². The summed E-state index contributed by atoms with van der Waals surface area (Å²) in [6, 6.07) is 4.10. The monoisotopic (exact) mass is 217 g/mol. The molecule has 2 N–H and O–H groups in total. The Bertz CT molecular complexity index is 330. The van der Waals surface area contributed by atoms with Gasteiger partial charge in [0.25, 0.3) is 0 Å². The Morgan fingerprint density at radius 1 is 1.43 bits per heavy atom. The zero-order valence-corrected chi connectivity index (χ0v) is 8.19. The molecule has 14 heavy (non-hydrogen) atoms. The van der Waals surface area contributed by atoms with Crippen LogP contribution in [0, 0.1) is 5.82 Å². The number of hydrogen-bond acceptors (Lipinski definition) is 1. The fourth-order valence-electron chi connectivity index (χ4n) is 1.13. The van der Waals surface area contributed by atoms with Gasteiger partial charge in [0.05, 0.1) is 6.33 Å².